The van der Waals surface area contributed by atoms with Gasteiger partial charge >= 0.3 is 0 Å². The van der Waals surface area contributed by atoms with Crippen molar-refractivity contribution < 1.29 is 9.53 Å². The molecule has 2 aliphatic heterocycles. The van der Waals surface area contributed by atoms with Crippen LogP contribution in [0.2, 0.25) is 5.02 Å². The van der Waals surface area contributed by atoms with Crippen LogP contribution in [-0.4, -0.2) is 52.2 Å². The van der Waals surface area contributed by atoms with Crippen molar-refractivity contribution >= 4 is 29.4 Å². The van der Waals surface area contributed by atoms with E-state index in [0.29, 0.717) is 18.0 Å². The summed E-state index contributed by atoms with van der Waals surface area (Å²) in [6.45, 7) is 2.86. The van der Waals surface area contributed by atoms with Crippen LogP contribution in [-0.2, 0) is 16.1 Å². The summed E-state index contributed by atoms with van der Waals surface area (Å²) in [7, 11) is 0. The van der Waals surface area contributed by atoms with Crippen molar-refractivity contribution in [3.8, 4) is 11.3 Å². The van der Waals surface area contributed by atoms with E-state index in [1.165, 1.54) is 0 Å². The molecule has 0 aliphatic carbocycles. The first-order chi connectivity index (χ1) is 13.7. The van der Waals surface area contributed by atoms with Crippen LogP contribution in [0.4, 0.5) is 0 Å². The minimum Gasteiger partial charge on any atom is -0.370 e. The third kappa shape index (κ3) is 3.03. The Morgan fingerprint density at radius 3 is 2.89 bits per heavy atom. The van der Waals surface area contributed by atoms with Crippen LogP contribution < -0.4 is 0 Å². The molecule has 142 valence electrons. The first-order valence-electron chi connectivity index (χ1n) is 9.29. The predicted octanol–water partition coefficient (Wildman–Crippen LogP) is 3.08. The number of amides is 1. The van der Waals surface area contributed by atoms with E-state index < -0.39 is 0 Å². The van der Waals surface area contributed by atoms with Crippen LogP contribution >= 0.6 is 11.6 Å². The number of ether oxygens (including phenoxy) is 1. The average molecular weight is 395 g/mol. The summed E-state index contributed by atoms with van der Waals surface area (Å²) in [5.74, 6) is 0.198. The van der Waals surface area contributed by atoms with Crippen molar-refractivity contribution in [2.45, 2.75) is 12.6 Å². The molecule has 0 bridgehead atoms. The number of likely N-dealkylation sites (tertiary alicyclic amines) is 1. The number of halogens is 1. The molecule has 28 heavy (non-hydrogen) atoms. The van der Waals surface area contributed by atoms with Gasteiger partial charge in [-0.25, -0.2) is 9.98 Å². The summed E-state index contributed by atoms with van der Waals surface area (Å²) in [5, 5.41) is 0.709. The van der Waals surface area contributed by atoms with Gasteiger partial charge in [0.05, 0.1) is 29.8 Å². The van der Waals surface area contributed by atoms with Crippen LogP contribution in [0, 0.1) is 5.92 Å². The minimum atomic E-state index is 0.108. The lowest BCUT2D eigenvalue weighted by molar-refractivity contribution is -0.106. The molecule has 1 amide bonds. The van der Waals surface area contributed by atoms with Gasteiger partial charge in [-0.1, -0.05) is 29.8 Å². The van der Waals surface area contributed by atoms with E-state index >= 15 is 0 Å². The number of pyridine rings is 1. The van der Waals surface area contributed by atoms with E-state index in [1.807, 2.05) is 48.7 Å². The molecule has 3 aromatic rings. The molecule has 1 aromatic carbocycles. The van der Waals surface area contributed by atoms with Crippen molar-refractivity contribution in [2.75, 3.05) is 19.7 Å². The quantitative estimate of drug-likeness (QED) is 0.638. The standard InChI is InChI=1S/C21H19ClN4O2/c22-15-6-4-14(5-7-15)21-18(26-8-2-1-3-20(26)24-21)10-25-9-16-17(23-13-27)12-28-19(16)11-25/h1-8,13,16,19H,9-12H2/b23-17+. The van der Waals surface area contributed by atoms with Crippen molar-refractivity contribution in [2.24, 2.45) is 10.9 Å². The summed E-state index contributed by atoms with van der Waals surface area (Å²) in [5.41, 5.74) is 4.91. The van der Waals surface area contributed by atoms with E-state index in [4.69, 9.17) is 21.3 Å². The van der Waals surface area contributed by atoms with Gasteiger partial charge in [0.15, 0.2) is 0 Å². The fraction of sp³-hybridized carbons (Fsp3) is 0.286. The average Bonchev–Trinajstić information content (AvgIpc) is 3.38. The van der Waals surface area contributed by atoms with Gasteiger partial charge in [-0.2, -0.15) is 0 Å². The van der Waals surface area contributed by atoms with E-state index in [-0.39, 0.29) is 12.0 Å². The number of carbonyl (C=O) groups excluding carboxylic acids is 1. The topological polar surface area (TPSA) is 59.2 Å². The highest BCUT2D eigenvalue weighted by Gasteiger charge is 2.41. The second kappa shape index (κ2) is 7.13. The molecule has 0 N–H and O–H groups in total. The molecule has 2 unspecified atom stereocenters. The van der Waals surface area contributed by atoms with Crippen molar-refractivity contribution in [3.63, 3.8) is 0 Å². The van der Waals surface area contributed by atoms with Crippen LogP contribution in [0.3, 0.4) is 0 Å². The van der Waals surface area contributed by atoms with Gasteiger partial charge < -0.3 is 9.14 Å². The summed E-state index contributed by atoms with van der Waals surface area (Å²) in [4.78, 5) is 22.0. The number of nitrogens with zero attached hydrogens (tertiary/aromatic N) is 4. The fourth-order valence-corrected chi connectivity index (χ4v) is 4.34. The Balaban J connectivity index is 1.49. The predicted molar refractivity (Wildman–Crippen MR) is 108 cm³/mol. The number of hydrogen-bond acceptors (Lipinski definition) is 4. The Kier molecular flexibility index (Phi) is 4.47. The third-order valence-electron chi connectivity index (χ3n) is 5.55. The number of hydrogen-bond donors (Lipinski definition) is 0. The van der Waals surface area contributed by atoms with E-state index in [2.05, 4.69) is 14.3 Å². The molecule has 2 aromatic heterocycles. The molecule has 2 saturated heterocycles. The number of imidazole rings is 1. The lowest BCUT2D eigenvalue weighted by Crippen LogP contribution is -2.25. The molecular formula is C21H19ClN4O2. The Labute approximate surface area is 167 Å². The van der Waals surface area contributed by atoms with Crippen molar-refractivity contribution in [3.05, 3.63) is 59.4 Å². The number of aromatic nitrogens is 2. The lowest BCUT2D eigenvalue weighted by atomic mass is 10.0. The molecule has 0 radical (unpaired) electrons. The molecule has 2 atom stereocenters. The van der Waals surface area contributed by atoms with Crippen molar-refractivity contribution in [1.29, 1.82) is 0 Å². The Hall–Kier alpha value is -2.54. The molecular weight excluding hydrogens is 376 g/mol. The van der Waals surface area contributed by atoms with Gasteiger partial charge in [-0.15, -0.1) is 0 Å². The molecule has 0 saturated carbocycles. The summed E-state index contributed by atoms with van der Waals surface area (Å²) < 4.78 is 7.98. The van der Waals surface area contributed by atoms with Crippen LogP contribution in [0.15, 0.2) is 53.7 Å². The minimum absolute atomic E-state index is 0.108. The van der Waals surface area contributed by atoms with Gasteiger partial charge in [-0.3, -0.25) is 9.69 Å². The molecule has 2 aliphatic rings. The third-order valence-corrected chi connectivity index (χ3v) is 5.81. The summed E-state index contributed by atoms with van der Waals surface area (Å²) in [6, 6.07) is 13.8. The molecule has 4 heterocycles. The zero-order chi connectivity index (χ0) is 19.1. The smallest absolute Gasteiger partial charge is 0.232 e. The highest BCUT2D eigenvalue weighted by atomic mass is 35.5. The second-order valence-corrected chi connectivity index (χ2v) is 7.66. The van der Waals surface area contributed by atoms with Gasteiger partial charge in [0.2, 0.25) is 6.41 Å². The Bertz CT molecular complexity index is 1060. The van der Waals surface area contributed by atoms with Gasteiger partial charge in [-0.05, 0) is 24.3 Å². The van der Waals surface area contributed by atoms with Crippen LogP contribution in [0.25, 0.3) is 16.9 Å². The lowest BCUT2D eigenvalue weighted by Gasteiger charge is -2.17. The van der Waals surface area contributed by atoms with Gasteiger partial charge in [0.1, 0.15) is 5.65 Å². The molecule has 6 nitrogen and oxygen atoms in total. The SMILES string of the molecule is O=C/N=C1\COC2CN(Cc3c(-c4ccc(Cl)cc4)nc4ccccn34)CC12. The maximum atomic E-state index is 10.8. The Morgan fingerprint density at radius 1 is 1.21 bits per heavy atom. The maximum Gasteiger partial charge on any atom is 0.232 e. The summed E-state index contributed by atoms with van der Waals surface area (Å²) >= 11 is 6.07. The first-order valence-corrected chi connectivity index (χ1v) is 9.67. The van der Waals surface area contributed by atoms with E-state index in [1.54, 1.807) is 0 Å². The normalized spacial score (nSPS) is 23.5. The summed E-state index contributed by atoms with van der Waals surface area (Å²) in [6.07, 6.45) is 2.77. The van der Waals surface area contributed by atoms with Gasteiger partial charge in [0.25, 0.3) is 0 Å². The monoisotopic (exact) mass is 394 g/mol. The highest BCUT2D eigenvalue weighted by Crippen LogP contribution is 2.31. The second-order valence-electron chi connectivity index (χ2n) is 7.22. The fourth-order valence-electron chi connectivity index (χ4n) is 4.22. The molecule has 5 rings (SSSR count). The highest BCUT2D eigenvalue weighted by molar-refractivity contribution is 6.30. The van der Waals surface area contributed by atoms with Crippen molar-refractivity contribution in [1.82, 2.24) is 14.3 Å². The number of rotatable bonds is 4. The van der Waals surface area contributed by atoms with E-state index in [9.17, 15) is 4.79 Å². The number of carbonyl (C=O) groups is 1. The molecule has 0 spiro atoms. The zero-order valence-electron chi connectivity index (χ0n) is 15.2. The van der Waals surface area contributed by atoms with Crippen LogP contribution in [0.1, 0.15) is 5.69 Å². The number of fused-ring (bicyclic) bond motifs is 2. The maximum absolute atomic E-state index is 10.8. The molecule has 7 heteroatoms. The van der Waals surface area contributed by atoms with E-state index in [0.717, 1.165) is 47.9 Å². The number of benzene rings is 1. The zero-order valence-corrected chi connectivity index (χ0v) is 15.9. The Morgan fingerprint density at radius 2 is 2.07 bits per heavy atom. The first kappa shape index (κ1) is 17.6. The number of aliphatic imine (C=N–C) groups is 1. The molecule has 2 fully saturated rings. The van der Waals surface area contributed by atoms with Crippen LogP contribution in [0.5, 0.6) is 0 Å². The largest absolute Gasteiger partial charge is 0.370 e. The van der Waals surface area contributed by atoms with Gasteiger partial charge in [0, 0.05) is 42.3 Å².